The average Bonchev–Trinajstić information content (AvgIpc) is 2.74. The van der Waals surface area contributed by atoms with Gasteiger partial charge in [0.05, 0.1) is 12.2 Å². The highest BCUT2D eigenvalue weighted by Gasteiger charge is 2.38. The molecular formula is C14H26O2. The van der Waals surface area contributed by atoms with E-state index in [4.69, 9.17) is 4.74 Å². The summed E-state index contributed by atoms with van der Waals surface area (Å²) in [6.45, 7) is 5.22. The van der Waals surface area contributed by atoms with E-state index in [0.717, 1.165) is 18.9 Å². The summed E-state index contributed by atoms with van der Waals surface area (Å²) in [6, 6.07) is 0. The smallest absolute Gasteiger partial charge is 0.0624 e. The molecule has 1 heterocycles. The molecule has 0 amide bonds. The molecule has 1 aliphatic carbocycles. The second-order valence-corrected chi connectivity index (χ2v) is 5.64. The molecule has 1 saturated carbocycles. The van der Waals surface area contributed by atoms with E-state index in [1.165, 1.54) is 32.1 Å². The van der Waals surface area contributed by atoms with E-state index in [2.05, 4.69) is 13.8 Å². The van der Waals surface area contributed by atoms with Gasteiger partial charge in [0.1, 0.15) is 0 Å². The summed E-state index contributed by atoms with van der Waals surface area (Å²) in [6.07, 6.45) is 7.62. The fourth-order valence-corrected chi connectivity index (χ4v) is 3.71. The van der Waals surface area contributed by atoms with Crippen LogP contribution in [-0.2, 0) is 4.74 Å². The van der Waals surface area contributed by atoms with Crippen LogP contribution in [0, 0.1) is 17.8 Å². The molecule has 2 heteroatoms. The van der Waals surface area contributed by atoms with E-state index < -0.39 is 0 Å². The maximum atomic E-state index is 10.6. The highest BCUT2D eigenvalue weighted by atomic mass is 16.5. The largest absolute Gasteiger partial charge is 0.392 e. The first-order valence-corrected chi connectivity index (χ1v) is 7.03. The molecule has 0 aromatic carbocycles. The van der Waals surface area contributed by atoms with Crippen LogP contribution in [0.3, 0.4) is 0 Å². The van der Waals surface area contributed by atoms with Gasteiger partial charge in [-0.1, -0.05) is 32.6 Å². The predicted molar refractivity (Wildman–Crippen MR) is 65.3 cm³/mol. The van der Waals surface area contributed by atoms with Crippen molar-refractivity contribution < 1.29 is 9.84 Å². The molecule has 16 heavy (non-hydrogen) atoms. The molecule has 1 saturated heterocycles. The fourth-order valence-electron chi connectivity index (χ4n) is 3.71. The Morgan fingerprint density at radius 2 is 1.94 bits per heavy atom. The van der Waals surface area contributed by atoms with Gasteiger partial charge in [-0.3, -0.25) is 0 Å². The Kier molecular flexibility index (Phi) is 4.26. The summed E-state index contributed by atoms with van der Waals surface area (Å²) in [7, 11) is 0. The molecule has 2 nitrogen and oxygen atoms in total. The lowest BCUT2D eigenvalue weighted by molar-refractivity contribution is -0.0206. The summed E-state index contributed by atoms with van der Waals surface area (Å²) in [4.78, 5) is 0. The Balaban J connectivity index is 1.98. The van der Waals surface area contributed by atoms with E-state index >= 15 is 0 Å². The summed E-state index contributed by atoms with van der Waals surface area (Å²) in [5.41, 5.74) is 0. The van der Waals surface area contributed by atoms with E-state index in [0.29, 0.717) is 11.8 Å². The van der Waals surface area contributed by atoms with Gasteiger partial charge in [-0.25, -0.2) is 0 Å². The lowest BCUT2D eigenvalue weighted by Gasteiger charge is -2.37. The summed E-state index contributed by atoms with van der Waals surface area (Å²) in [5, 5.41) is 10.6. The molecule has 0 aromatic rings. The van der Waals surface area contributed by atoms with Crippen LogP contribution in [0.1, 0.15) is 52.4 Å². The topological polar surface area (TPSA) is 29.5 Å². The van der Waals surface area contributed by atoms with E-state index in [-0.39, 0.29) is 12.2 Å². The summed E-state index contributed by atoms with van der Waals surface area (Å²) in [5.74, 6) is 1.67. The van der Waals surface area contributed by atoms with Crippen molar-refractivity contribution in [3.63, 3.8) is 0 Å². The normalized spacial score (nSPS) is 42.2. The van der Waals surface area contributed by atoms with E-state index in [9.17, 15) is 5.11 Å². The molecule has 1 N–H and O–H groups in total. The van der Waals surface area contributed by atoms with Crippen molar-refractivity contribution in [1.82, 2.24) is 0 Å². The quantitative estimate of drug-likeness (QED) is 0.801. The summed E-state index contributed by atoms with van der Waals surface area (Å²) < 4.78 is 5.59. The van der Waals surface area contributed by atoms with Gasteiger partial charge in [-0.2, -0.15) is 0 Å². The zero-order valence-corrected chi connectivity index (χ0v) is 10.7. The minimum absolute atomic E-state index is 0.122. The minimum Gasteiger partial charge on any atom is -0.392 e. The zero-order valence-electron chi connectivity index (χ0n) is 10.7. The van der Waals surface area contributed by atoms with Crippen LogP contribution in [0.4, 0.5) is 0 Å². The highest BCUT2D eigenvalue weighted by molar-refractivity contribution is 4.88. The molecule has 1 aliphatic heterocycles. The first-order valence-electron chi connectivity index (χ1n) is 7.03. The average molecular weight is 226 g/mol. The van der Waals surface area contributed by atoms with Crippen molar-refractivity contribution in [3.8, 4) is 0 Å². The third kappa shape index (κ3) is 2.43. The molecule has 5 unspecified atom stereocenters. The molecular weight excluding hydrogens is 200 g/mol. The van der Waals surface area contributed by atoms with Crippen molar-refractivity contribution >= 4 is 0 Å². The maximum absolute atomic E-state index is 10.6. The van der Waals surface area contributed by atoms with Gasteiger partial charge in [-0.15, -0.1) is 0 Å². The highest BCUT2D eigenvalue weighted by Crippen LogP contribution is 2.39. The Morgan fingerprint density at radius 1 is 1.19 bits per heavy atom. The number of hydrogen-bond donors (Lipinski definition) is 1. The zero-order chi connectivity index (χ0) is 11.5. The van der Waals surface area contributed by atoms with Crippen LogP contribution >= 0.6 is 0 Å². The molecule has 2 aliphatic rings. The standard InChI is InChI=1S/C14H26O2/c1-3-11-6-4-5-7-13(11)14(15)12-8-9-16-10(12)2/h10-15H,3-9H2,1-2H3. The van der Waals surface area contributed by atoms with Crippen LogP contribution in [-0.4, -0.2) is 23.9 Å². The first-order chi connectivity index (χ1) is 7.74. The van der Waals surface area contributed by atoms with Crippen molar-refractivity contribution in [2.75, 3.05) is 6.61 Å². The maximum Gasteiger partial charge on any atom is 0.0624 e. The Labute approximate surface area is 99.4 Å². The van der Waals surface area contributed by atoms with E-state index in [1.54, 1.807) is 0 Å². The van der Waals surface area contributed by atoms with E-state index in [1.807, 2.05) is 0 Å². The molecule has 5 atom stereocenters. The minimum atomic E-state index is -0.122. The van der Waals surface area contributed by atoms with Crippen LogP contribution < -0.4 is 0 Å². The van der Waals surface area contributed by atoms with Gasteiger partial charge < -0.3 is 9.84 Å². The lowest BCUT2D eigenvalue weighted by atomic mass is 9.71. The summed E-state index contributed by atoms with van der Waals surface area (Å²) >= 11 is 0. The fraction of sp³-hybridized carbons (Fsp3) is 1.00. The Bertz CT molecular complexity index is 217. The van der Waals surface area contributed by atoms with Gasteiger partial charge in [-0.05, 0) is 31.6 Å². The lowest BCUT2D eigenvalue weighted by Crippen LogP contribution is -2.38. The number of ether oxygens (including phenoxy) is 1. The van der Waals surface area contributed by atoms with Crippen LogP contribution in [0.5, 0.6) is 0 Å². The predicted octanol–water partition coefficient (Wildman–Crippen LogP) is 2.99. The van der Waals surface area contributed by atoms with Gasteiger partial charge in [0.2, 0.25) is 0 Å². The number of aliphatic hydroxyl groups is 1. The van der Waals surface area contributed by atoms with Gasteiger partial charge in [0.25, 0.3) is 0 Å². The van der Waals surface area contributed by atoms with Crippen molar-refractivity contribution in [1.29, 1.82) is 0 Å². The molecule has 2 fully saturated rings. The Morgan fingerprint density at radius 3 is 2.56 bits per heavy atom. The third-order valence-electron chi connectivity index (χ3n) is 4.80. The molecule has 2 rings (SSSR count). The third-order valence-corrected chi connectivity index (χ3v) is 4.80. The number of rotatable bonds is 3. The van der Waals surface area contributed by atoms with Crippen molar-refractivity contribution in [2.24, 2.45) is 17.8 Å². The molecule has 0 spiro atoms. The first kappa shape index (κ1) is 12.4. The number of aliphatic hydroxyl groups excluding tert-OH is 1. The Hall–Kier alpha value is -0.0800. The molecule has 0 radical (unpaired) electrons. The second-order valence-electron chi connectivity index (χ2n) is 5.64. The monoisotopic (exact) mass is 226 g/mol. The van der Waals surface area contributed by atoms with Gasteiger partial charge in [0, 0.05) is 12.5 Å². The van der Waals surface area contributed by atoms with Crippen molar-refractivity contribution in [3.05, 3.63) is 0 Å². The molecule has 0 bridgehead atoms. The van der Waals surface area contributed by atoms with Crippen molar-refractivity contribution in [2.45, 2.75) is 64.6 Å². The van der Waals surface area contributed by atoms with Gasteiger partial charge in [0.15, 0.2) is 0 Å². The second kappa shape index (κ2) is 5.50. The van der Waals surface area contributed by atoms with Gasteiger partial charge >= 0.3 is 0 Å². The van der Waals surface area contributed by atoms with Crippen LogP contribution in [0.2, 0.25) is 0 Å². The molecule has 94 valence electrons. The SMILES string of the molecule is CCC1CCCCC1C(O)C1CCOC1C. The number of hydrogen-bond acceptors (Lipinski definition) is 2. The molecule has 0 aromatic heterocycles. The van der Waals surface area contributed by atoms with Crippen LogP contribution in [0.15, 0.2) is 0 Å². The van der Waals surface area contributed by atoms with Crippen LogP contribution in [0.25, 0.3) is 0 Å².